The lowest BCUT2D eigenvalue weighted by atomic mass is 9.80. The van der Waals surface area contributed by atoms with Gasteiger partial charge in [0.25, 0.3) is 0 Å². The van der Waals surface area contributed by atoms with Crippen molar-refractivity contribution in [3.05, 3.63) is 35.4 Å². The van der Waals surface area contributed by atoms with E-state index in [-0.39, 0.29) is 11.8 Å². The molecule has 0 aromatic heterocycles. The first kappa shape index (κ1) is 13.8. The molecule has 0 amide bonds. The zero-order valence-electron chi connectivity index (χ0n) is 11.2. The van der Waals surface area contributed by atoms with Crippen LogP contribution >= 0.6 is 0 Å². The molecule has 2 heteroatoms. The summed E-state index contributed by atoms with van der Waals surface area (Å²) in [6.45, 7) is 8.54. The molecule has 0 aliphatic rings. The van der Waals surface area contributed by atoms with Crippen LogP contribution in [0.1, 0.15) is 57.6 Å². The Bertz CT molecular complexity index is 374. The molecule has 0 atom stereocenters. The standard InChI is InChI=1S/C15H22O2/c1-11(2)12-5-7-13(8-6-12)15(3,4)10-9-14(16)17/h5-8,11H,9-10H2,1-4H3,(H,16,17). The maximum absolute atomic E-state index is 10.6. The average molecular weight is 234 g/mol. The minimum absolute atomic E-state index is 0.0755. The third-order valence-corrected chi connectivity index (χ3v) is 3.32. The molecule has 0 bridgehead atoms. The number of hydrogen-bond donors (Lipinski definition) is 1. The number of aliphatic carboxylic acids is 1. The van der Waals surface area contributed by atoms with Gasteiger partial charge in [0.15, 0.2) is 0 Å². The minimum atomic E-state index is -0.725. The monoisotopic (exact) mass is 234 g/mol. The molecule has 1 rings (SSSR count). The highest BCUT2D eigenvalue weighted by Crippen LogP contribution is 2.29. The fourth-order valence-electron chi connectivity index (χ4n) is 1.88. The van der Waals surface area contributed by atoms with E-state index in [1.54, 1.807) is 0 Å². The lowest BCUT2D eigenvalue weighted by molar-refractivity contribution is -0.137. The minimum Gasteiger partial charge on any atom is -0.481 e. The van der Waals surface area contributed by atoms with Crippen molar-refractivity contribution in [1.29, 1.82) is 0 Å². The number of carboxylic acid groups (broad SMARTS) is 1. The second-order valence-corrected chi connectivity index (χ2v) is 5.55. The molecule has 0 aliphatic carbocycles. The molecule has 0 radical (unpaired) electrons. The number of hydrogen-bond acceptors (Lipinski definition) is 1. The fourth-order valence-corrected chi connectivity index (χ4v) is 1.88. The van der Waals surface area contributed by atoms with Gasteiger partial charge < -0.3 is 5.11 Å². The Morgan fingerprint density at radius 2 is 1.76 bits per heavy atom. The summed E-state index contributed by atoms with van der Waals surface area (Å²) in [5, 5.41) is 8.74. The van der Waals surface area contributed by atoms with Gasteiger partial charge in [-0.15, -0.1) is 0 Å². The average Bonchev–Trinajstić information content (AvgIpc) is 2.27. The van der Waals surface area contributed by atoms with Crippen molar-refractivity contribution in [3.63, 3.8) is 0 Å². The van der Waals surface area contributed by atoms with Crippen LogP contribution in [0.5, 0.6) is 0 Å². The first-order valence-corrected chi connectivity index (χ1v) is 6.15. The predicted octanol–water partition coefficient (Wildman–Crippen LogP) is 3.95. The Kier molecular flexibility index (Phi) is 4.33. The van der Waals surface area contributed by atoms with Gasteiger partial charge >= 0.3 is 5.97 Å². The van der Waals surface area contributed by atoms with E-state index in [0.717, 1.165) is 0 Å². The van der Waals surface area contributed by atoms with Gasteiger partial charge in [0.2, 0.25) is 0 Å². The molecule has 94 valence electrons. The highest BCUT2D eigenvalue weighted by molar-refractivity contribution is 5.66. The maximum atomic E-state index is 10.6. The van der Waals surface area contributed by atoms with Crippen molar-refractivity contribution in [2.45, 2.75) is 51.9 Å². The van der Waals surface area contributed by atoms with Gasteiger partial charge in [-0.2, -0.15) is 0 Å². The third-order valence-electron chi connectivity index (χ3n) is 3.32. The van der Waals surface area contributed by atoms with E-state index in [9.17, 15) is 4.79 Å². The summed E-state index contributed by atoms with van der Waals surface area (Å²) >= 11 is 0. The number of benzene rings is 1. The van der Waals surface area contributed by atoms with Gasteiger partial charge in [-0.25, -0.2) is 0 Å². The van der Waals surface area contributed by atoms with E-state index in [1.807, 2.05) is 0 Å². The Labute approximate surface area is 104 Å². The first-order chi connectivity index (χ1) is 7.83. The molecule has 17 heavy (non-hydrogen) atoms. The van der Waals surface area contributed by atoms with Crippen LogP contribution in [-0.4, -0.2) is 11.1 Å². The summed E-state index contributed by atoms with van der Waals surface area (Å²) in [6.07, 6.45) is 0.891. The molecule has 0 saturated heterocycles. The van der Waals surface area contributed by atoms with E-state index in [2.05, 4.69) is 52.0 Å². The molecule has 0 spiro atoms. The second-order valence-electron chi connectivity index (χ2n) is 5.55. The van der Waals surface area contributed by atoms with Crippen LogP contribution in [-0.2, 0) is 10.2 Å². The Hall–Kier alpha value is -1.31. The Morgan fingerprint density at radius 3 is 2.18 bits per heavy atom. The van der Waals surface area contributed by atoms with Crippen LogP contribution in [0.15, 0.2) is 24.3 Å². The molecular weight excluding hydrogens is 212 g/mol. The smallest absolute Gasteiger partial charge is 0.303 e. The zero-order valence-corrected chi connectivity index (χ0v) is 11.2. The summed E-state index contributed by atoms with van der Waals surface area (Å²) in [5.41, 5.74) is 2.46. The van der Waals surface area contributed by atoms with Gasteiger partial charge in [0.05, 0.1) is 0 Å². The largest absolute Gasteiger partial charge is 0.481 e. The molecule has 0 saturated carbocycles. The predicted molar refractivity (Wildman–Crippen MR) is 70.4 cm³/mol. The van der Waals surface area contributed by atoms with E-state index < -0.39 is 5.97 Å². The third kappa shape index (κ3) is 3.88. The number of carbonyl (C=O) groups is 1. The molecule has 0 aliphatic heterocycles. The van der Waals surface area contributed by atoms with Crippen LogP contribution in [0.3, 0.4) is 0 Å². The fraction of sp³-hybridized carbons (Fsp3) is 0.533. The summed E-state index contributed by atoms with van der Waals surface area (Å²) in [7, 11) is 0. The van der Waals surface area contributed by atoms with Crippen LogP contribution in [0.25, 0.3) is 0 Å². The van der Waals surface area contributed by atoms with Crippen molar-refractivity contribution in [2.75, 3.05) is 0 Å². The van der Waals surface area contributed by atoms with Gasteiger partial charge in [-0.3, -0.25) is 4.79 Å². The number of rotatable bonds is 5. The molecule has 0 unspecified atom stereocenters. The topological polar surface area (TPSA) is 37.3 Å². The van der Waals surface area contributed by atoms with Crippen LogP contribution in [0.2, 0.25) is 0 Å². The van der Waals surface area contributed by atoms with Crippen molar-refractivity contribution in [3.8, 4) is 0 Å². The van der Waals surface area contributed by atoms with Crippen molar-refractivity contribution in [1.82, 2.24) is 0 Å². The molecule has 0 heterocycles. The maximum Gasteiger partial charge on any atom is 0.303 e. The molecule has 2 nitrogen and oxygen atoms in total. The highest BCUT2D eigenvalue weighted by Gasteiger charge is 2.21. The van der Waals surface area contributed by atoms with Crippen LogP contribution < -0.4 is 0 Å². The summed E-state index contributed by atoms with van der Waals surface area (Å²) in [5.74, 6) is -0.192. The second kappa shape index (κ2) is 5.35. The van der Waals surface area contributed by atoms with Crippen LogP contribution in [0.4, 0.5) is 0 Å². The van der Waals surface area contributed by atoms with Gasteiger partial charge in [0.1, 0.15) is 0 Å². The summed E-state index contributed by atoms with van der Waals surface area (Å²) in [4.78, 5) is 10.6. The zero-order chi connectivity index (χ0) is 13.1. The molecule has 1 aromatic carbocycles. The molecular formula is C15H22O2. The summed E-state index contributed by atoms with van der Waals surface area (Å²) < 4.78 is 0. The Morgan fingerprint density at radius 1 is 1.24 bits per heavy atom. The summed E-state index contributed by atoms with van der Waals surface area (Å²) in [6, 6.07) is 8.53. The molecule has 1 aromatic rings. The number of carboxylic acids is 1. The van der Waals surface area contributed by atoms with E-state index in [0.29, 0.717) is 12.3 Å². The first-order valence-electron chi connectivity index (χ1n) is 6.15. The van der Waals surface area contributed by atoms with Gasteiger partial charge in [0, 0.05) is 6.42 Å². The quantitative estimate of drug-likeness (QED) is 0.837. The van der Waals surface area contributed by atoms with Crippen molar-refractivity contribution in [2.24, 2.45) is 0 Å². The van der Waals surface area contributed by atoms with Gasteiger partial charge in [-0.1, -0.05) is 52.0 Å². The Balaban J connectivity index is 2.80. The van der Waals surface area contributed by atoms with E-state index >= 15 is 0 Å². The molecule has 0 fully saturated rings. The van der Waals surface area contributed by atoms with E-state index in [4.69, 9.17) is 5.11 Å². The van der Waals surface area contributed by atoms with E-state index in [1.165, 1.54) is 11.1 Å². The highest BCUT2D eigenvalue weighted by atomic mass is 16.4. The SMILES string of the molecule is CC(C)c1ccc(C(C)(C)CCC(=O)O)cc1. The van der Waals surface area contributed by atoms with Crippen molar-refractivity contribution >= 4 is 5.97 Å². The van der Waals surface area contributed by atoms with Crippen LogP contribution in [0, 0.1) is 0 Å². The normalized spacial score (nSPS) is 11.8. The van der Waals surface area contributed by atoms with Crippen molar-refractivity contribution < 1.29 is 9.90 Å². The van der Waals surface area contributed by atoms with Gasteiger partial charge in [-0.05, 0) is 28.9 Å². The molecule has 1 N–H and O–H groups in total. The lowest BCUT2D eigenvalue weighted by Gasteiger charge is -2.25. The lowest BCUT2D eigenvalue weighted by Crippen LogP contribution is -2.18.